The second-order valence-electron chi connectivity index (χ2n) is 6.23. The van der Waals surface area contributed by atoms with E-state index in [1.54, 1.807) is 0 Å². The van der Waals surface area contributed by atoms with Crippen LogP contribution in [0, 0.1) is 11.3 Å². The van der Waals surface area contributed by atoms with Crippen LogP contribution >= 0.6 is 0 Å². The van der Waals surface area contributed by atoms with Crippen molar-refractivity contribution in [3.05, 3.63) is 41.5 Å². The Kier molecular flexibility index (Phi) is 7.28. The van der Waals surface area contributed by atoms with Crippen molar-refractivity contribution in [3.63, 3.8) is 0 Å². The largest absolute Gasteiger partial charge is 0.396 e. The number of nitrogens with zero attached hydrogens (tertiary/aromatic N) is 3. The van der Waals surface area contributed by atoms with Gasteiger partial charge in [-0.15, -0.1) is 0 Å². The van der Waals surface area contributed by atoms with E-state index in [0.29, 0.717) is 11.6 Å². The number of aliphatic hydroxyl groups excluding tert-OH is 1. The lowest BCUT2D eigenvalue weighted by Crippen LogP contribution is -2.43. The van der Waals surface area contributed by atoms with Gasteiger partial charge in [-0.3, -0.25) is 4.90 Å². The average Bonchev–Trinajstić information content (AvgIpc) is 2.61. The molecule has 0 aromatic heterocycles. The molecule has 4 nitrogen and oxygen atoms in total. The second-order valence-corrected chi connectivity index (χ2v) is 6.23. The highest BCUT2D eigenvalue weighted by atomic mass is 16.3. The van der Waals surface area contributed by atoms with Gasteiger partial charge in [-0.25, -0.2) is 0 Å². The third kappa shape index (κ3) is 5.80. The van der Waals surface area contributed by atoms with Crippen LogP contribution in [0.4, 0.5) is 0 Å². The molecule has 1 aliphatic heterocycles. The summed E-state index contributed by atoms with van der Waals surface area (Å²) in [6, 6.07) is 10.5. The zero-order chi connectivity index (χ0) is 16.5. The summed E-state index contributed by atoms with van der Waals surface area (Å²) < 4.78 is 0. The summed E-state index contributed by atoms with van der Waals surface area (Å²) in [5, 5.41) is 17.7. The van der Waals surface area contributed by atoms with Crippen molar-refractivity contribution in [1.82, 2.24) is 9.80 Å². The zero-order valence-corrected chi connectivity index (χ0v) is 14.0. The highest BCUT2D eigenvalue weighted by molar-refractivity contribution is 5.51. The lowest BCUT2D eigenvalue weighted by molar-refractivity contribution is 0.128. The van der Waals surface area contributed by atoms with Gasteiger partial charge in [-0.05, 0) is 57.1 Å². The van der Waals surface area contributed by atoms with Gasteiger partial charge in [0.1, 0.15) is 0 Å². The summed E-state index contributed by atoms with van der Waals surface area (Å²) in [5.74, 6) is 0. The predicted molar refractivity (Wildman–Crippen MR) is 94.0 cm³/mol. The van der Waals surface area contributed by atoms with Gasteiger partial charge < -0.3 is 10.0 Å². The number of aliphatic hydroxyl groups is 1. The van der Waals surface area contributed by atoms with Crippen molar-refractivity contribution in [1.29, 1.82) is 5.26 Å². The molecule has 0 bridgehead atoms. The molecule has 124 valence electrons. The van der Waals surface area contributed by atoms with Crippen LogP contribution in [-0.2, 0) is 0 Å². The van der Waals surface area contributed by atoms with Crippen molar-refractivity contribution in [2.45, 2.75) is 25.3 Å². The van der Waals surface area contributed by atoms with Gasteiger partial charge in [0.25, 0.3) is 0 Å². The van der Waals surface area contributed by atoms with Crippen LogP contribution in [0.3, 0.4) is 0 Å². The number of benzene rings is 1. The van der Waals surface area contributed by atoms with Crippen molar-refractivity contribution >= 4 is 6.08 Å². The molecule has 0 spiro atoms. The van der Waals surface area contributed by atoms with E-state index in [1.807, 2.05) is 24.3 Å². The third-order valence-corrected chi connectivity index (χ3v) is 4.56. The molecule has 0 aliphatic carbocycles. The Morgan fingerprint density at radius 1 is 1.30 bits per heavy atom. The summed E-state index contributed by atoms with van der Waals surface area (Å²) in [5.41, 5.74) is 1.84. The van der Waals surface area contributed by atoms with E-state index < -0.39 is 0 Å². The first kappa shape index (κ1) is 17.7. The smallest absolute Gasteiger partial charge is 0.0991 e. The van der Waals surface area contributed by atoms with E-state index in [2.05, 4.69) is 35.1 Å². The minimum absolute atomic E-state index is 0.281. The maximum absolute atomic E-state index is 8.92. The van der Waals surface area contributed by atoms with E-state index in [-0.39, 0.29) is 6.61 Å². The van der Waals surface area contributed by atoms with E-state index in [0.717, 1.165) is 38.2 Å². The fourth-order valence-corrected chi connectivity index (χ4v) is 3.05. The molecule has 4 heteroatoms. The monoisotopic (exact) mass is 313 g/mol. The SMILES string of the molecule is CN(CCCO)C1CCN(C/C=C/c2ccc(C#N)cc2)CC1. The molecule has 0 atom stereocenters. The third-order valence-electron chi connectivity index (χ3n) is 4.56. The zero-order valence-electron chi connectivity index (χ0n) is 14.0. The van der Waals surface area contributed by atoms with E-state index in [4.69, 9.17) is 10.4 Å². The number of piperidine rings is 1. The molecule has 1 saturated heterocycles. The summed E-state index contributed by atoms with van der Waals surface area (Å²) in [7, 11) is 2.17. The van der Waals surface area contributed by atoms with Crippen molar-refractivity contribution in [2.24, 2.45) is 0 Å². The van der Waals surface area contributed by atoms with Crippen molar-refractivity contribution < 1.29 is 5.11 Å². The molecule has 0 unspecified atom stereocenters. The van der Waals surface area contributed by atoms with E-state index in [9.17, 15) is 0 Å². The normalized spacial score (nSPS) is 17.0. The summed E-state index contributed by atoms with van der Waals surface area (Å²) in [6.45, 7) is 4.51. The summed E-state index contributed by atoms with van der Waals surface area (Å²) in [6.07, 6.45) is 7.60. The topological polar surface area (TPSA) is 50.5 Å². The van der Waals surface area contributed by atoms with E-state index in [1.165, 1.54) is 12.8 Å². The van der Waals surface area contributed by atoms with Crippen LogP contribution in [0.2, 0.25) is 0 Å². The molecular weight excluding hydrogens is 286 g/mol. The second kappa shape index (κ2) is 9.46. The minimum atomic E-state index is 0.281. The van der Waals surface area contributed by atoms with Gasteiger partial charge in [-0.1, -0.05) is 24.3 Å². The first-order valence-electron chi connectivity index (χ1n) is 8.43. The molecule has 1 heterocycles. The quantitative estimate of drug-likeness (QED) is 0.839. The maximum Gasteiger partial charge on any atom is 0.0991 e. The van der Waals surface area contributed by atoms with Gasteiger partial charge in [0.15, 0.2) is 0 Å². The molecule has 2 rings (SSSR count). The van der Waals surface area contributed by atoms with Crippen LogP contribution < -0.4 is 0 Å². The van der Waals surface area contributed by atoms with Crippen LogP contribution in [-0.4, -0.2) is 60.8 Å². The minimum Gasteiger partial charge on any atom is -0.396 e. The first-order chi connectivity index (χ1) is 11.2. The average molecular weight is 313 g/mol. The Morgan fingerprint density at radius 2 is 2.00 bits per heavy atom. The fourth-order valence-electron chi connectivity index (χ4n) is 3.05. The number of nitriles is 1. The number of hydrogen-bond donors (Lipinski definition) is 1. The van der Waals surface area contributed by atoms with Crippen molar-refractivity contribution in [3.8, 4) is 6.07 Å². The molecular formula is C19H27N3O. The Labute approximate surface area is 139 Å². The van der Waals surface area contributed by atoms with Gasteiger partial charge >= 0.3 is 0 Å². The molecule has 0 saturated carbocycles. The maximum atomic E-state index is 8.92. The van der Waals surface area contributed by atoms with Crippen LogP contribution in [0.1, 0.15) is 30.4 Å². The lowest BCUT2D eigenvalue weighted by atomic mass is 10.0. The van der Waals surface area contributed by atoms with Gasteiger partial charge in [0, 0.05) is 25.7 Å². The Balaban J connectivity index is 1.71. The van der Waals surface area contributed by atoms with Gasteiger partial charge in [0.05, 0.1) is 11.6 Å². The Morgan fingerprint density at radius 3 is 2.61 bits per heavy atom. The molecule has 0 amide bonds. The molecule has 1 aromatic rings. The molecule has 0 radical (unpaired) electrons. The number of rotatable bonds is 7. The van der Waals surface area contributed by atoms with Crippen LogP contribution in [0.25, 0.3) is 6.08 Å². The number of likely N-dealkylation sites (tertiary alicyclic amines) is 1. The summed E-state index contributed by atoms with van der Waals surface area (Å²) >= 11 is 0. The molecule has 23 heavy (non-hydrogen) atoms. The Hall–Kier alpha value is -1.67. The van der Waals surface area contributed by atoms with Crippen molar-refractivity contribution in [2.75, 3.05) is 39.8 Å². The molecule has 1 aliphatic rings. The molecule has 1 N–H and O–H groups in total. The fraction of sp³-hybridized carbons (Fsp3) is 0.526. The molecule has 1 aromatic carbocycles. The Bertz CT molecular complexity index is 525. The standard InChI is InChI=1S/C19H27N3O/c1-21(11-3-15-23)19-9-13-22(14-10-19)12-2-4-17-5-7-18(16-20)8-6-17/h2,4-8,19,23H,3,9-15H2,1H3/b4-2+. The predicted octanol–water partition coefficient (Wildman–Crippen LogP) is 2.35. The summed E-state index contributed by atoms with van der Waals surface area (Å²) in [4.78, 5) is 4.87. The first-order valence-corrected chi connectivity index (χ1v) is 8.43. The van der Waals surface area contributed by atoms with Crippen LogP contribution in [0.5, 0.6) is 0 Å². The number of hydrogen-bond acceptors (Lipinski definition) is 4. The molecule has 1 fully saturated rings. The van der Waals surface area contributed by atoms with Gasteiger partial charge in [-0.2, -0.15) is 5.26 Å². The highest BCUT2D eigenvalue weighted by Crippen LogP contribution is 2.15. The van der Waals surface area contributed by atoms with E-state index >= 15 is 0 Å². The highest BCUT2D eigenvalue weighted by Gasteiger charge is 2.21. The van der Waals surface area contributed by atoms with Crippen LogP contribution in [0.15, 0.2) is 30.3 Å². The lowest BCUT2D eigenvalue weighted by Gasteiger charge is -2.36. The van der Waals surface area contributed by atoms with Gasteiger partial charge in [0.2, 0.25) is 0 Å².